The topological polar surface area (TPSA) is 52.9 Å². The van der Waals surface area contributed by atoms with Gasteiger partial charge in [-0.2, -0.15) is 0 Å². The van der Waals surface area contributed by atoms with Crippen LogP contribution >= 0.6 is 0 Å². The summed E-state index contributed by atoms with van der Waals surface area (Å²) in [4.78, 5) is 2.14. The van der Waals surface area contributed by atoms with Gasteiger partial charge in [-0.25, -0.2) is 0 Å². The first kappa shape index (κ1) is 15.7. The minimum Gasteiger partial charge on any atom is -0.395 e. The lowest BCUT2D eigenvalue weighted by Gasteiger charge is -2.20. The molecule has 0 aromatic heterocycles. The van der Waals surface area contributed by atoms with E-state index < -0.39 is 0 Å². The predicted molar refractivity (Wildman–Crippen MR) is 74.6 cm³/mol. The third-order valence-corrected chi connectivity index (χ3v) is 2.70. The van der Waals surface area contributed by atoms with Crippen molar-refractivity contribution in [3.63, 3.8) is 0 Å². The minimum atomic E-state index is -0.122. The van der Waals surface area contributed by atoms with Gasteiger partial charge in [0, 0.05) is 32.3 Å². The second-order valence-corrected chi connectivity index (χ2v) is 4.15. The fraction of sp³-hybridized carbons (Fsp3) is 0.467. The zero-order valence-electron chi connectivity index (χ0n) is 11.3. The maximum atomic E-state index is 9.03. The van der Waals surface area contributed by atoms with Crippen LogP contribution in [0.1, 0.15) is 11.1 Å². The summed E-state index contributed by atoms with van der Waals surface area (Å²) in [6.07, 6.45) is 0. The molecule has 0 bridgehead atoms. The van der Waals surface area contributed by atoms with Gasteiger partial charge in [0.25, 0.3) is 0 Å². The average Bonchev–Trinajstić information content (AvgIpc) is 2.44. The largest absolute Gasteiger partial charge is 0.395 e. The maximum absolute atomic E-state index is 9.03. The molecule has 1 rings (SSSR count). The van der Waals surface area contributed by atoms with Gasteiger partial charge in [-0.15, -0.1) is 0 Å². The van der Waals surface area contributed by atoms with Gasteiger partial charge < -0.3 is 14.9 Å². The molecule has 4 nitrogen and oxygen atoms in total. The van der Waals surface area contributed by atoms with Crippen molar-refractivity contribution in [1.29, 1.82) is 0 Å². The smallest absolute Gasteiger partial charge is 0.104 e. The van der Waals surface area contributed by atoms with Crippen LogP contribution in [0, 0.1) is 11.8 Å². The van der Waals surface area contributed by atoms with Crippen molar-refractivity contribution in [1.82, 2.24) is 4.90 Å². The summed E-state index contributed by atoms with van der Waals surface area (Å²) in [5.74, 6) is 5.48. The van der Waals surface area contributed by atoms with Crippen molar-refractivity contribution in [2.45, 2.75) is 6.54 Å². The Morgan fingerprint density at radius 3 is 2.47 bits per heavy atom. The molecule has 104 valence electrons. The van der Waals surface area contributed by atoms with E-state index >= 15 is 0 Å². The Hall–Kier alpha value is -1.38. The van der Waals surface area contributed by atoms with E-state index in [-0.39, 0.29) is 13.2 Å². The average molecular weight is 263 g/mol. The number of nitrogens with zero attached hydrogens (tertiary/aromatic N) is 1. The van der Waals surface area contributed by atoms with E-state index in [1.54, 1.807) is 7.11 Å². The van der Waals surface area contributed by atoms with Crippen LogP contribution in [0.4, 0.5) is 0 Å². The summed E-state index contributed by atoms with van der Waals surface area (Å²) in [7, 11) is 1.67. The highest BCUT2D eigenvalue weighted by molar-refractivity contribution is 5.36. The molecule has 0 saturated carbocycles. The minimum absolute atomic E-state index is 0.122. The van der Waals surface area contributed by atoms with Gasteiger partial charge in [0.2, 0.25) is 0 Å². The van der Waals surface area contributed by atoms with Gasteiger partial charge in [0.1, 0.15) is 6.61 Å². The third kappa shape index (κ3) is 6.37. The first-order valence-corrected chi connectivity index (χ1v) is 6.31. The molecule has 1 aromatic carbocycles. The van der Waals surface area contributed by atoms with Crippen LogP contribution in [0.2, 0.25) is 0 Å². The van der Waals surface area contributed by atoms with Crippen LogP contribution in [0.25, 0.3) is 0 Å². The molecule has 2 N–H and O–H groups in total. The van der Waals surface area contributed by atoms with Gasteiger partial charge in [-0.3, -0.25) is 4.90 Å². The van der Waals surface area contributed by atoms with Crippen molar-refractivity contribution >= 4 is 0 Å². The molecule has 0 radical (unpaired) electrons. The Morgan fingerprint density at radius 2 is 1.89 bits per heavy atom. The highest BCUT2D eigenvalue weighted by Crippen LogP contribution is 2.07. The molecule has 0 spiro atoms. The third-order valence-electron chi connectivity index (χ3n) is 2.70. The molecule has 0 heterocycles. The van der Waals surface area contributed by atoms with E-state index in [2.05, 4.69) is 16.7 Å². The standard InChI is InChI=1S/C15H21NO3/c1-19-12-9-16(8-11-18)13-15-6-4-14(5-7-15)3-2-10-17/h4-7,17-18H,8-13H2,1H3. The number of ether oxygens (including phenoxy) is 1. The van der Waals surface area contributed by atoms with Crippen molar-refractivity contribution in [2.75, 3.05) is 40.0 Å². The SMILES string of the molecule is COCCN(CCO)Cc1ccc(C#CCO)cc1. The Morgan fingerprint density at radius 1 is 1.16 bits per heavy atom. The van der Waals surface area contributed by atoms with E-state index in [0.29, 0.717) is 13.2 Å². The second kappa shape index (κ2) is 9.54. The number of benzene rings is 1. The van der Waals surface area contributed by atoms with E-state index in [1.165, 1.54) is 5.56 Å². The van der Waals surface area contributed by atoms with Gasteiger partial charge in [-0.05, 0) is 17.7 Å². The molecule has 0 aliphatic rings. The van der Waals surface area contributed by atoms with Gasteiger partial charge in [-0.1, -0.05) is 24.0 Å². The van der Waals surface area contributed by atoms with Crippen molar-refractivity contribution in [3.8, 4) is 11.8 Å². The number of methoxy groups -OCH3 is 1. The molecule has 0 aliphatic heterocycles. The Kier molecular flexibility index (Phi) is 7.87. The lowest BCUT2D eigenvalue weighted by molar-refractivity contribution is 0.127. The van der Waals surface area contributed by atoms with E-state index in [0.717, 1.165) is 18.7 Å². The number of rotatable bonds is 7. The zero-order chi connectivity index (χ0) is 13.9. The molecule has 0 unspecified atom stereocenters. The zero-order valence-corrected chi connectivity index (χ0v) is 11.3. The molecular formula is C15H21NO3. The molecule has 0 aliphatic carbocycles. The molecule has 19 heavy (non-hydrogen) atoms. The molecule has 0 fully saturated rings. The molecule has 1 aromatic rings. The quantitative estimate of drug-likeness (QED) is 0.702. The first-order valence-electron chi connectivity index (χ1n) is 6.31. The highest BCUT2D eigenvalue weighted by Gasteiger charge is 2.05. The van der Waals surface area contributed by atoms with Crippen molar-refractivity contribution in [3.05, 3.63) is 35.4 Å². The summed E-state index contributed by atoms with van der Waals surface area (Å²) in [5, 5.41) is 17.7. The monoisotopic (exact) mass is 263 g/mol. The van der Waals surface area contributed by atoms with E-state index in [1.807, 2.05) is 24.3 Å². The van der Waals surface area contributed by atoms with Crippen LogP contribution in [-0.2, 0) is 11.3 Å². The lowest BCUT2D eigenvalue weighted by Crippen LogP contribution is -2.29. The summed E-state index contributed by atoms with van der Waals surface area (Å²) in [5.41, 5.74) is 2.06. The van der Waals surface area contributed by atoms with Crippen LogP contribution in [0.5, 0.6) is 0 Å². The van der Waals surface area contributed by atoms with Crippen molar-refractivity contribution in [2.24, 2.45) is 0 Å². The summed E-state index contributed by atoms with van der Waals surface area (Å²) in [6, 6.07) is 7.90. The second-order valence-electron chi connectivity index (χ2n) is 4.15. The van der Waals surface area contributed by atoms with E-state index in [9.17, 15) is 0 Å². The van der Waals surface area contributed by atoms with Gasteiger partial charge in [0.05, 0.1) is 13.2 Å². The lowest BCUT2D eigenvalue weighted by atomic mass is 10.1. The summed E-state index contributed by atoms with van der Waals surface area (Å²) >= 11 is 0. The molecular weight excluding hydrogens is 242 g/mol. The number of aliphatic hydroxyl groups is 2. The van der Waals surface area contributed by atoms with Crippen LogP contribution < -0.4 is 0 Å². The highest BCUT2D eigenvalue weighted by atomic mass is 16.5. The fourth-order valence-corrected chi connectivity index (χ4v) is 1.73. The van der Waals surface area contributed by atoms with Crippen molar-refractivity contribution < 1.29 is 14.9 Å². The normalized spacial score (nSPS) is 10.3. The number of hydrogen-bond acceptors (Lipinski definition) is 4. The predicted octanol–water partition coefficient (Wildman–Crippen LogP) is 0.471. The molecule has 0 amide bonds. The Labute approximate surface area is 114 Å². The molecule has 0 atom stereocenters. The Balaban J connectivity index is 2.58. The first-order chi connectivity index (χ1) is 9.30. The van der Waals surface area contributed by atoms with E-state index in [4.69, 9.17) is 14.9 Å². The maximum Gasteiger partial charge on any atom is 0.104 e. The van der Waals surface area contributed by atoms with Gasteiger partial charge >= 0.3 is 0 Å². The fourth-order valence-electron chi connectivity index (χ4n) is 1.73. The number of hydrogen-bond donors (Lipinski definition) is 2. The van der Waals surface area contributed by atoms with Gasteiger partial charge in [0.15, 0.2) is 0 Å². The Bertz CT molecular complexity index is 406. The molecule has 0 saturated heterocycles. The van der Waals surface area contributed by atoms with Crippen LogP contribution in [-0.4, -0.2) is 55.1 Å². The van der Waals surface area contributed by atoms with Crippen LogP contribution in [0.15, 0.2) is 24.3 Å². The summed E-state index contributed by atoms with van der Waals surface area (Å²) in [6.45, 7) is 2.88. The number of aliphatic hydroxyl groups excluding tert-OH is 2. The van der Waals surface area contributed by atoms with Crippen LogP contribution in [0.3, 0.4) is 0 Å². The summed E-state index contributed by atoms with van der Waals surface area (Å²) < 4.78 is 5.05. The molecule has 4 heteroatoms.